The SMILES string of the molecule is CCCNc1cccc(CN(C)CC2CCC2)n1. The number of hydrogen-bond acceptors (Lipinski definition) is 3. The Bertz CT molecular complexity index is 361. The third kappa shape index (κ3) is 3.98. The van der Waals surface area contributed by atoms with E-state index in [0.717, 1.165) is 36.9 Å². The summed E-state index contributed by atoms with van der Waals surface area (Å²) in [5.41, 5.74) is 1.16. The molecule has 0 bridgehead atoms. The highest BCUT2D eigenvalue weighted by Gasteiger charge is 2.19. The number of aromatic nitrogens is 1. The first-order chi connectivity index (χ1) is 8.78. The highest BCUT2D eigenvalue weighted by molar-refractivity contribution is 5.35. The molecule has 100 valence electrons. The van der Waals surface area contributed by atoms with Crippen LogP contribution in [0.15, 0.2) is 18.2 Å². The van der Waals surface area contributed by atoms with Crippen LogP contribution in [0.2, 0.25) is 0 Å². The van der Waals surface area contributed by atoms with Crippen molar-refractivity contribution in [1.82, 2.24) is 9.88 Å². The molecule has 1 N–H and O–H groups in total. The smallest absolute Gasteiger partial charge is 0.126 e. The van der Waals surface area contributed by atoms with Crippen molar-refractivity contribution >= 4 is 5.82 Å². The minimum atomic E-state index is 0.927. The molecule has 0 saturated heterocycles. The number of hydrogen-bond donors (Lipinski definition) is 1. The van der Waals surface area contributed by atoms with Gasteiger partial charge in [-0.15, -0.1) is 0 Å². The summed E-state index contributed by atoms with van der Waals surface area (Å²) in [6, 6.07) is 6.26. The first-order valence-corrected chi connectivity index (χ1v) is 7.16. The Labute approximate surface area is 111 Å². The molecule has 18 heavy (non-hydrogen) atoms. The lowest BCUT2D eigenvalue weighted by Gasteiger charge is -2.29. The Kier molecular flexibility index (Phi) is 5.00. The van der Waals surface area contributed by atoms with Gasteiger partial charge >= 0.3 is 0 Å². The second kappa shape index (κ2) is 6.74. The zero-order chi connectivity index (χ0) is 12.8. The molecule has 1 fully saturated rings. The lowest BCUT2D eigenvalue weighted by Crippen LogP contribution is -2.29. The zero-order valence-electron chi connectivity index (χ0n) is 11.7. The third-order valence-electron chi connectivity index (χ3n) is 3.59. The van der Waals surface area contributed by atoms with Gasteiger partial charge in [0.15, 0.2) is 0 Å². The molecule has 1 heterocycles. The van der Waals surface area contributed by atoms with Crippen molar-refractivity contribution in [1.29, 1.82) is 0 Å². The van der Waals surface area contributed by atoms with Crippen LogP contribution in [0.5, 0.6) is 0 Å². The molecular weight excluding hydrogens is 222 g/mol. The van der Waals surface area contributed by atoms with Crippen LogP contribution in [0, 0.1) is 5.92 Å². The Hall–Kier alpha value is -1.09. The molecular formula is C15H25N3. The molecule has 0 aromatic carbocycles. The van der Waals surface area contributed by atoms with E-state index in [-0.39, 0.29) is 0 Å². The maximum atomic E-state index is 4.65. The summed E-state index contributed by atoms with van der Waals surface area (Å²) in [4.78, 5) is 7.05. The lowest BCUT2D eigenvalue weighted by molar-refractivity contribution is 0.199. The number of pyridine rings is 1. The van der Waals surface area contributed by atoms with Crippen LogP contribution in [-0.4, -0.2) is 30.0 Å². The highest BCUT2D eigenvalue weighted by atomic mass is 15.1. The standard InChI is InChI=1S/C15H25N3/c1-3-10-16-15-9-5-8-14(17-15)12-18(2)11-13-6-4-7-13/h5,8-9,13H,3-4,6-7,10-12H2,1-2H3,(H,16,17). The molecule has 3 nitrogen and oxygen atoms in total. The van der Waals surface area contributed by atoms with E-state index >= 15 is 0 Å². The molecule has 0 atom stereocenters. The van der Waals surface area contributed by atoms with E-state index in [9.17, 15) is 0 Å². The molecule has 1 saturated carbocycles. The van der Waals surface area contributed by atoms with Gasteiger partial charge in [-0.3, -0.25) is 0 Å². The largest absolute Gasteiger partial charge is 0.370 e. The molecule has 1 aliphatic rings. The first-order valence-electron chi connectivity index (χ1n) is 7.16. The van der Waals surface area contributed by atoms with Crippen molar-refractivity contribution in [2.45, 2.75) is 39.2 Å². The van der Waals surface area contributed by atoms with E-state index in [1.54, 1.807) is 0 Å². The predicted molar refractivity (Wildman–Crippen MR) is 76.7 cm³/mol. The zero-order valence-corrected chi connectivity index (χ0v) is 11.7. The summed E-state index contributed by atoms with van der Waals surface area (Å²) in [6.45, 7) is 5.34. The Morgan fingerprint density at radius 3 is 2.89 bits per heavy atom. The van der Waals surface area contributed by atoms with Gasteiger partial charge in [-0.05, 0) is 44.4 Å². The average molecular weight is 247 g/mol. The fourth-order valence-electron chi connectivity index (χ4n) is 2.38. The van der Waals surface area contributed by atoms with Gasteiger partial charge in [0.05, 0.1) is 5.69 Å². The number of nitrogens with zero attached hydrogens (tertiary/aromatic N) is 2. The Morgan fingerprint density at radius 1 is 1.39 bits per heavy atom. The van der Waals surface area contributed by atoms with Gasteiger partial charge in [0, 0.05) is 19.6 Å². The second-order valence-corrected chi connectivity index (χ2v) is 5.43. The molecule has 1 aliphatic carbocycles. The molecule has 3 heteroatoms. The molecule has 0 aliphatic heterocycles. The molecule has 2 rings (SSSR count). The van der Waals surface area contributed by atoms with Crippen LogP contribution in [0.4, 0.5) is 5.82 Å². The van der Waals surface area contributed by atoms with Crippen LogP contribution in [0.25, 0.3) is 0 Å². The molecule has 0 radical (unpaired) electrons. The monoisotopic (exact) mass is 247 g/mol. The summed E-state index contributed by atoms with van der Waals surface area (Å²) in [5, 5.41) is 3.34. The van der Waals surface area contributed by atoms with E-state index < -0.39 is 0 Å². The van der Waals surface area contributed by atoms with Crippen molar-refractivity contribution in [3.8, 4) is 0 Å². The highest BCUT2D eigenvalue weighted by Crippen LogP contribution is 2.27. The van der Waals surface area contributed by atoms with Crippen LogP contribution in [-0.2, 0) is 6.54 Å². The molecule has 0 spiro atoms. The Balaban J connectivity index is 1.83. The van der Waals surface area contributed by atoms with Gasteiger partial charge in [-0.1, -0.05) is 19.4 Å². The van der Waals surface area contributed by atoms with Gasteiger partial charge in [0.2, 0.25) is 0 Å². The summed E-state index contributed by atoms with van der Waals surface area (Å²) in [5.74, 6) is 1.93. The normalized spacial score (nSPS) is 15.7. The van der Waals surface area contributed by atoms with Crippen LogP contribution in [0.3, 0.4) is 0 Å². The van der Waals surface area contributed by atoms with Crippen molar-refractivity contribution < 1.29 is 0 Å². The van der Waals surface area contributed by atoms with E-state index in [0.29, 0.717) is 0 Å². The summed E-state index contributed by atoms with van der Waals surface area (Å²) in [6.07, 6.45) is 5.38. The van der Waals surface area contributed by atoms with Crippen LogP contribution >= 0.6 is 0 Å². The predicted octanol–water partition coefficient (Wildman–Crippen LogP) is 3.14. The van der Waals surface area contributed by atoms with Gasteiger partial charge in [0.1, 0.15) is 5.82 Å². The van der Waals surface area contributed by atoms with Crippen LogP contribution < -0.4 is 5.32 Å². The minimum Gasteiger partial charge on any atom is -0.370 e. The number of rotatable bonds is 7. The molecule has 1 aromatic heterocycles. The van der Waals surface area contributed by atoms with E-state index in [1.807, 2.05) is 6.07 Å². The van der Waals surface area contributed by atoms with Crippen molar-refractivity contribution in [2.75, 3.05) is 25.5 Å². The summed E-state index contributed by atoms with van der Waals surface area (Å²) in [7, 11) is 2.20. The van der Waals surface area contributed by atoms with Gasteiger partial charge in [0.25, 0.3) is 0 Å². The fourth-order valence-corrected chi connectivity index (χ4v) is 2.38. The maximum absolute atomic E-state index is 4.65. The van der Waals surface area contributed by atoms with Gasteiger partial charge < -0.3 is 10.2 Å². The Morgan fingerprint density at radius 2 is 2.22 bits per heavy atom. The van der Waals surface area contributed by atoms with Gasteiger partial charge in [-0.25, -0.2) is 4.98 Å². The molecule has 0 amide bonds. The number of nitrogens with one attached hydrogen (secondary N) is 1. The van der Waals surface area contributed by atoms with E-state index in [4.69, 9.17) is 0 Å². The summed E-state index contributed by atoms with van der Waals surface area (Å²) < 4.78 is 0. The van der Waals surface area contributed by atoms with Crippen molar-refractivity contribution in [2.24, 2.45) is 5.92 Å². The quantitative estimate of drug-likeness (QED) is 0.802. The lowest BCUT2D eigenvalue weighted by atomic mass is 9.85. The molecule has 0 unspecified atom stereocenters. The number of anilines is 1. The van der Waals surface area contributed by atoms with Gasteiger partial charge in [-0.2, -0.15) is 0 Å². The third-order valence-corrected chi connectivity index (χ3v) is 3.59. The summed E-state index contributed by atoms with van der Waals surface area (Å²) >= 11 is 0. The van der Waals surface area contributed by atoms with E-state index in [1.165, 1.54) is 25.8 Å². The fraction of sp³-hybridized carbons (Fsp3) is 0.667. The minimum absolute atomic E-state index is 0.927. The first kappa shape index (κ1) is 13.3. The van der Waals surface area contributed by atoms with Crippen molar-refractivity contribution in [3.63, 3.8) is 0 Å². The average Bonchev–Trinajstić information content (AvgIpc) is 2.32. The topological polar surface area (TPSA) is 28.2 Å². The van der Waals surface area contributed by atoms with E-state index in [2.05, 4.69) is 41.3 Å². The second-order valence-electron chi connectivity index (χ2n) is 5.43. The van der Waals surface area contributed by atoms with Crippen molar-refractivity contribution in [3.05, 3.63) is 23.9 Å². The molecule has 1 aromatic rings. The van der Waals surface area contributed by atoms with Crippen LogP contribution in [0.1, 0.15) is 38.3 Å². The maximum Gasteiger partial charge on any atom is 0.126 e.